The zero-order valence-electron chi connectivity index (χ0n) is 12.4. The average Bonchev–Trinajstić information content (AvgIpc) is 2.56. The maximum absolute atomic E-state index is 4.59. The summed E-state index contributed by atoms with van der Waals surface area (Å²) in [7, 11) is 0. The van der Waals surface area contributed by atoms with E-state index in [0.29, 0.717) is 12.1 Å². The Hall–Kier alpha value is -0.730. The van der Waals surface area contributed by atoms with Gasteiger partial charge in [0.05, 0.1) is 0 Å². The standard InChI is InChI=1S/C14H29N3/c1-7-8-9-17-13(14(4,5)6)16(11-15-17)10-12(2)3/h11-13H,7-10H2,1-6H3. The second-order valence-corrected chi connectivity index (χ2v) is 6.58. The highest BCUT2D eigenvalue weighted by Crippen LogP contribution is 2.30. The SMILES string of the molecule is CCCCN1N=CN(CC(C)C)C1C(C)(C)C. The molecule has 1 rings (SSSR count). The second-order valence-electron chi connectivity index (χ2n) is 6.58. The normalized spacial score (nSPS) is 20.8. The Kier molecular flexibility index (Phi) is 4.84. The quantitative estimate of drug-likeness (QED) is 0.732. The molecule has 0 amide bonds. The Morgan fingerprint density at radius 2 is 1.94 bits per heavy atom. The fraction of sp³-hybridized carbons (Fsp3) is 0.929. The first-order chi connectivity index (χ1) is 7.86. The Morgan fingerprint density at radius 1 is 1.29 bits per heavy atom. The molecule has 3 heteroatoms. The third-order valence-corrected chi connectivity index (χ3v) is 3.04. The predicted octanol–water partition coefficient (Wildman–Crippen LogP) is 3.38. The Labute approximate surface area is 107 Å². The summed E-state index contributed by atoms with van der Waals surface area (Å²) >= 11 is 0. The molecule has 0 saturated carbocycles. The monoisotopic (exact) mass is 239 g/mol. The van der Waals surface area contributed by atoms with Crippen molar-refractivity contribution < 1.29 is 0 Å². The molecule has 1 heterocycles. The van der Waals surface area contributed by atoms with Crippen molar-refractivity contribution in [2.24, 2.45) is 16.4 Å². The largest absolute Gasteiger partial charge is 0.339 e. The van der Waals surface area contributed by atoms with Gasteiger partial charge in [0.25, 0.3) is 0 Å². The molecule has 0 bridgehead atoms. The zero-order valence-corrected chi connectivity index (χ0v) is 12.4. The summed E-state index contributed by atoms with van der Waals surface area (Å²) in [5.41, 5.74) is 0.235. The van der Waals surface area contributed by atoms with Crippen LogP contribution in [0.25, 0.3) is 0 Å². The van der Waals surface area contributed by atoms with Crippen LogP contribution in [0.4, 0.5) is 0 Å². The van der Waals surface area contributed by atoms with Gasteiger partial charge in [-0.1, -0.05) is 48.0 Å². The molecule has 0 fully saturated rings. The summed E-state index contributed by atoms with van der Waals surface area (Å²) < 4.78 is 0. The van der Waals surface area contributed by atoms with Crippen LogP contribution >= 0.6 is 0 Å². The Morgan fingerprint density at radius 3 is 2.41 bits per heavy atom. The van der Waals surface area contributed by atoms with Gasteiger partial charge in [-0.05, 0) is 12.3 Å². The highest BCUT2D eigenvalue weighted by Gasteiger charge is 2.37. The molecule has 0 aromatic rings. The van der Waals surface area contributed by atoms with E-state index in [1.165, 1.54) is 12.8 Å². The van der Waals surface area contributed by atoms with E-state index < -0.39 is 0 Å². The highest BCUT2D eigenvalue weighted by atomic mass is 15.6. The van der Waals surface area contributed by atoms with Gasteiger partial charge in [-0.15, -0.1) is 0 Å². The molecule has 0 aromatic heterocycles. The van der Waals surface area contributed by atoms with Crippen LogP contribution in [0.1, 0.15) is 54.4 Å². The van der Waals surface area contributed by atoms with Crippen LogP contribution in [0.15, 0.2) is 5.10 Å². The average molecular weight is 239 g/mol. The van der Waals surface area contributed by atoms with E-state index in [1.807, 2.05) is 6.34 Å². The first kappa shape index (κ1) is 14.3. The van der Waals surface area contributed by atoms with Crippen molar-refractivity contribution in [2.45, 2.75) is 60.5 Å². The molecule has 0 saturated heterocycles. The Balaban J connectivity index is 2.71. The molecule has 100 valence electrons. The lowest BCUT2D eigenvalue weighted by Gasteiger charge is -2.40. The third-order valence-electron chi connectivity index (χ3n) is 3.04. The van der Waals surface area contributed by atoms with Crippen LogP contribution < -0.4 is 0 Å². The molecule has 0 aromatic carbocycles. The molecule has 17 heavy (non-hydrogen) atoms. The summed E-state index contributed by atoms with van der Waals surface area (Å²) in [6, 6.07) is 0. The molecule has 0 radical (unpaired) electrons. The van der Waals surface area contributed by atoms with Gasteiger partial charge >= 0.3 is 0 Å². The van der Waals surface area contributed by atoms with Crippen LogP contribution in [0.5, 0.6) is 0 Å². The topological polar surface area (TPSA) is 18.8 Å². The van der Waals surface area contributed by atoms with Gasteiger partial charge in [0, 0.05) is 18.5 Å². The minimum Gasteiger partial charge on any atom is -0.339 e. The number of nitrogens with zero attached hydrogens (tertiary/aromatic N) is 3. The maximum Gasteiger partial charge on any atom is 0.124 e. The van der Waals surface area contributed by atoms with Gasteiger partial charge in [-0.25, -0.2) is 0 Å². The summed E-state index contributed by atoms with van der Waals surface area (Å²) in [6.45, 7) is 15.8. The number of hydrogen-bond acceptors (Lipinski definition) is 3. The lowest BCUT2D eigenvalue weighted by atomic mass is 9.90. The lowest BCUT2D eigenvalue weighted by Crippen LogP contribution is -2.49. The van der Waals surface area contributed by atoms with E-state index in [-0.39, 0.29) is 5.41 Å². The van der Waals surface area contributed by atoms with Crippen molar-refractivity contribution in [3.8, 4) is 0 Å². The second kappa shape index (κ2) is 5.74. The molecular formula is C14H29N3. The van der Waals surface area contributed by atoms with E-state index in [9.17, 15) is 0 Å². The maximum atomic E-state index is 4.59. The van der Waals surface area contributed by atoms with Gasteiger partial charge in [0.2, 0.25) is 0 Å². The number of hydrogen-bond donors (Lipinski definition) is 0. The van der Waals surface area contributed by atoms with E-state index in [4.69, 9.17) is 0 Å². The summed E-state index contributed by atoms with van der Waals surface area (Å²) in [4.78, 5) is 2.40. The number of unbranched alkanes of at least 4 members (excludes halogenated alkanes) is 1. The highest BCUT2D eigenvalue weighted by molar-refractivity contribution is 5.57. The van der Waals surface area contributed by atoms with Gasteiger partial charge in [-0.3, -0.25) is 5.01 Å². The van der Waals surface area contributed by atoms with E-state index in [0.717, 1.165) is 13.1 Å². The summed E-state index contributed by atoms with van der Waals surface area (Å²) in [5.74, 6) is 0.678. The fourth-order valence-corrected chi connectivity index (χ4v) is 2.44. The molecule has 0 spiro atoms. The van der Waals surface area contributed by atoms with Gasteiger partial charge in [-0.2, -0.15) is 5.10 Å². The zero-order chi connectivity index (χ0) is 13.1. The van der Waals surface area contributed by atoms with E-state index in [2.05, 4.69) is 56.6 Å². The van der Waals surface area contributed by atoms with Crippen molar-refractivity contribution in [3.63, 3.8) is 0 Å². The van der Waals surface area contributed by atoms with Crippen molar-refractivity contribution in [2.75, 3.05) is 13.1 Å². The van der Waals surface area contributed by atoms with E-state index >= 15 is 0 Å². The first-order valence-corrected chi connectivity index (χ1v) is 6.92. The van der Waals surface area contributed by atoms with Crippen LogP contribution in [-0.2, 0) is 0 Å². The van der Waals surface area contributed by atoms with Gasteiger partial charge < -0.3 is 4.90 Å². The fourth-order valence-electron chi connectivity index (χ4n) is 2.44. The van der Waals surface area contributed by atoms with Crippen LogP contribution in [0.2, 0.25) is 0 Å². The molecule has 3 nitrogen and oxygen atoms in total. The molecule has 1 unspecified atom stereocenters. The summed E-state index contributed by atoms with van der Waals surface area (Å²) in [5, 5.41) is 6.86. The molecule has 1 aliphatic rings. The lowest BCUT2D eigenvalue weighted by molar-refractivity contribution is 0.0311. The minimum atomic E-state index is 0.235. The van der Waals surface area contributed by atoms with Crippen LogP contribution in [0.3, 0.4) is 0 Å². The third kappa shape index (κ3) is 3.90. The minimum absolute atomic E-state index is 0.235. The Bertz CT molecular complexity index is 253. The molecule has 1 atom stereocenters. The van der Waals surface area contributed by atoms with Crippen molar-refractivity contribution in [3.05, 3.63) is 0 Å². The van der Waals surface area contributed by atoms with Crippen molar-refractivity contribution in [1.82, 2.24) is 9.91 Å². The number of hydrazone groups is 1. The molecule has 0 N–H and O–H groups in total. The van der Waals surface area contributed by atoms with E-state index in [1.54, 1.807) is 0 Å². The predicted molar refractivity (Wildman–Crippen MR) is 74.9 cm³/mol. The van der Waals surface area contributed by atoms with Crippen molar-refractivity contribution >= 4 is 6.34 Å². The van der Waals surface area contributed by atoms with Crippen molar-refractivity contribution in [1.29, 1.82) is 0 Å². The molecule has 0 aliphatic carbocycles. The smallest absolute Gasteiger partial charge is 0.124 e. The molecule has 1 aliphatic heterocycles. The van der Waals surface area contributed by atoms with Gasteiger partial charge in [0.1, 0.15) is 12.5 Å². The first-order valence-electron chi connectivity index (χ1n) is 6.92. The molecular weight excluding hydrogens is 210 g/mol. The van der Waals surface area contributed by atoms with Crippen LogP contribution in [-0.4, -0.2) is 35.5 Å². The van der Waals surface area contributed by atoms with Gasteiger partial charge in [0.15, 0.2) is 0 Å². The number of rotatable bonds is 5. The summed E-state index contributed by atoms with van der Waals surface area (Å²) in [6.07, 6.45) is 4.90. The van der Waals surface area contributed by atoms with Crippen LogP contribution in [0, 0.1) is 11.3 Å².